The average molecular weight is 281 g/mol. The zero-order valence-electron chi connectivity index (χ0n) is 13.0. The van der Waals surface area contributed by atoms with Crippen LogP contribution in [0.25, 0.3) is 0 Å². The molecule has 2 nitrogen and oxygen atoms in total. The number of hydrogen-bond acceptors (Lipinski definition) is 2. The van der Waals surface area contributed by atoms with Crippen LogP contribution in [0.2, 0.25) is 0 Å². The molecule has 0 heterocycles. The van der Waals surface area contributed by atoms with Crippen molar-refractivity contribution in [3.8, 4) is 0 Å². The lowest BCUT2D eigenvalue weighted by Crippen LogP contribution is -2.22. The van der Waals surface area contributed by atoms with Crippen LogP contribution in [0.1, 0.15) is 45.1 Å². The van der Waals surface area contributed by atoms with E-state index in [2.05, 4.69) is 26.1 Å². The zero-order valence-corrected chi connectivity index (χ0v) is 13.0. The average Bonchev–Trinajstić information content (AvgIpc) is 2.41. The minimum atomic E-state index is -0.162. The van der Waals surface area contributed by atoms with E-state index >= 15 is 0 Å². The number of rotatable bonds is 10. The Bertz CT molecular complexity index is 368. The highest BCUT2D eigenvalue weighted by Crippen LogP contribution is 2.20. The summed E-state index contributed by atoms with van der Waals surface area (Å²) in [5, 5.41) is 3.35. The minimum Gasteiger partial charge on any atom is -0.381 e. The van der Waals surface area contributed by atoms with E-state index in [9.17, 15) is 4.39 Å². The maximum absolute atomic E-state index is 13.3. The Kier molecular flexibility index (Phi) is 8.47. The van der Waals surface area contributed by atoms with Crippen molar-refractivity contribution in [2.75, 3.05) is 26.3 Å². The molecule has 0 aliphatic rings. The molecular formula is C17H28FNO. The molecule has 0 spiro atoms. The van der Waals surface area contributed by atoms with E-state index in [1.165, 1.54) is 6.07 Å². The van der Waals surface area contributed by atoms with Gasteiger partial charge in [-0.05, 0) is 48.9 Å². The van der Waals surface area contributed by atoms with Crippen LogP contribution in [0.3, 0.4) is 0 Å². The molecule has 1 aromatic carbocycles. The van der Waals surface area contributed by atoms with E-state index in [4.69, 9.17) is 4.74 Å². The Labute approximate surface area is 122 Å². The predicted octanol–water partition coefficient (Wildman–Crippen LogP) is 3.97. The van der Waals surface area contributed by atoms with Gasteiger partial charge in [0, 0.05) is 19.8 Å². The first-order valence-electron chi connectivity index (χ1n) is 7.67. The molecular weight excluding hydrogens is 253 g/mol. The standard InChI is InChI=1S/C17H28FNO/c1-4-19-13-16(9-11-20-10-8-14(2)3)15-6-5-7-17(18)12-15/h5-7,12,14,16,19H,4,8-11,13H2,1-3H3. The monoisotopic (exact) mass is 281 g/mol. The third kappa shape index (κ3) is 7.01. The Morgan fingerprint density at radius 3 is 2.60 bits per heavy atom. The first kappa shape index (κ1) is 17.1. The van der Waals surface area contributed by atoms with Gasteiger partial charge in [0.25, 0.3) is 0 Å². The summed E-state index contributed by atoms with van der Waals surface area (Å²) < 4.78 is 19.0. The molecule has 3 heteroatoms. The Morgan fingerprint density at radius 1 is 1.20 bits per heavy atom. The maximum atomic E-state index is 13.3. The molecule has 0 amide bonds. The number of nitrogens with one attached hydrogen (secondary N) is 1. The Balaban J connectivity index is 2.44. The van der Waals surface area contributed by atoms with Crippen molar-refractivity contribution in [3.05, 3.63) is 35.6 Å². The van der Waals surface area contributed by atoms with Crippen molar-refractivity contribution in [2.24, 2.45) is 5.92 Å². The van der Waals surface area contributed by atoms with Crippen LogP contribution in [0.4, 0.5) is 4.39 Å². The summed E-state index contributed by atoms with van der Waals surface area (Å²) in [6.07, 6.45) is 2.02. The van der Waals surface area contributed by atoms with Crippen molar-refractivity contribution in [1.29, 1.82) is 0 Å². The SMILES string of the molecule is CCNCC(CCOCCC(C)C)c1cccc(F)c1. The highest BCUT2D eigenvalue weighted by atomic mass is 19.1. The van der Waals surface area contributed by atoms with Gasteiger partial charge in [0.2, 0.25) is 0 Å². The summed E-state index contributed by atoms with van der Waals surface area (Å²) in [5.74, 6) is 0.824. The summed E-state index contributed by atoms with van der Waals surface area (Å²) in [7, 11) is 0. The first-order valence-corrected chi connectivity index (χ1v) is 7.67. The van der Waals surface area contributed by atoms with Gasteiger partial charge in [0.15, 0.2) is 0 Å². The van der Waals surface area contributed by atoms with Gasteiger partial charge in [0.1, 0.15) is 5.82 Å². The molecule has 0 saturated heterocycles. The van der Waals surface area contributed by atoms with Crippen molar-refractivity contribution < 1.29 is 9.13 Å². The Morgan fingerprint density at radius 2 is 1.95 bits per heavy atom. The van der Waals surface area contributed by atoms with Crippen LogP contribution in [0, 0.1) is 11.7 Å². The van der Waals surface area contributed by atoms with Crippen LogP contribution in [0.5, 0.6) is 0 Å². The Hall–Kier alpha value is -0.930. The number of hydrogen-bond donors (Lipinski definition) is 1. The molecule has 1 aromatic rings. The molecule has 0 aromatic heterocycles. The van der Waals surface area contributed by atoms with E-state index < -0.39 is 0 Å². The molecule has 0 fully saturated rings. The topological polar surface area (TPSA) is 21.3 Å². The van der Waals surface area contributed by atoms with Gasteiger partial charge >= 0.3 is 0 Å². The summed E-state index contributed by atoms with van der Waals surface area (Å²) in [6.45, 7) is 9.83. The third-order valence-corrected chi connectivity index (χ3v) is 3.41. The molecule has 114 valence electrons. The van der Waals surface area contributed by atoms with E-state index in [-0.39, 0.29) is 5.82 Å². The van der Waals surface area contributed by atoms with Gasteiger partial charge in [-0.2, -0.15) is 0 Å². The summed E-state index contributed by atoms with van der Waals surface area (Å²) in [6, 6.07) is 6.91. The molecule has 1 atom stereocenters. The third-order valence-electron chi connectivity index (χ3n) is 3.41. The quantitative estimate of drug-likeness (QED) is 0.655. The molecule has 20 heavy (non-hydrogen) atoms. The molecule has 0 aliphatic carbocycles. The van der Waals surface area contributed by atoms with Gasteiger partial charge in [-0.1, -0.05) is 32.9 Å². The molecule has 1 unspecified atom stereocenters. The predicted molar refractivity (Wildman–Crippen MR) is 82.6 cm³/mol. The van der Waals surface area contributed by atoms with Gasteiger partial charge in [-0.25, -0.2) is 4.39 Å². The number of benzene rings is 1. The van der Waals surface area contributed by atoms with Crippen LogP contribution in [0.15, 0.2) is 24.3 Å². The van der Waals surface area contributed by atoms with Crippen LogP contribution in [-0.2, 0) is 4.74 Å². The van der Waals surface area contributed by atoms with Crippen molar-refractivity contribution >= 4 is 0 Å². The van der Waals surface area contributed by atoms with Crippen LogP contribution in [-0.4, -0.2) is 26.3 Å². The highest BCUT2D eigenvalue weighted by Gasteiger charge is 2.11. The number of likely N-dealkylation sites (N-methyl/N-ethyl adjacent to an activating group) is 1. The van der Waals surface area contributed by atoms with E-state index in [1.54, 1.807) is 12.1 Å². The van der Waals surface area contributed by atoms with E-state index in [0.717, 1.165) is 44.7 Å². The van der Waals surface area contributed by atoms with Crippen LogP contribution >= 0.6 is 0 Å². The zero-order chi connectivity index (χ0) is 14.8. The van der Waals surface area contributed by atoms with Gasteiger partial charge in [-0.15, -0.1) is 0 Å². The largest absolute Gasteiger partial charge is 0.381 e. The summed E-state index contributed by atoms with van der Waals surface area (Å²) >= 11 is 0. The number of ether oxygens (including phenoxy) is 1. The molecule has 0 radical (unpaired) electrons. The van der Waals surface area contributed by atoms with Crippen molar-refractivity contribution in [2.45, 2.75) is 39.5 Å². The minimum absolute atomic E-state index is 0.162. The lowest BCUT2D eigenvalue weighted by atomic mass is 9.96. The van der Waals surface area contributed by atoms with Crippen LogP contribution < -0.4 is 5.32 Å². The smallest absolute Gasteiger partial charge is 0.123 e. The van der Waals surface area contributed by atoms with Crippen molar-refractivity contribution in [3.63, 3.8) is 0 Å². The fourth-order valence-electron chi connectivity index (χ4n) is 2.11. The molecule has 0 saturated carbocycles. The lowest BCUT2D eigenvalue weighted by Gasteiger charge is -2.18. The summed E-state index contributed by atoms with van der Waals surface area (Å²) in [5.41, 5.74) is 1.05. The molecule has 0 bridgehead atoms. The molecule has 1 rings (SSSR count). The van der Waals surface area contributed by atoms with Gasteiger partial charge < -0.3 is 10.1 Å². The second-order valence-corrected chi connectivity index (χ2v) is 5.64. The normalized spacial score (nSPS) is 12.8. The van der Waals surface area contributed by atoms with E-state index in [1.807, 2.05) is 6.07 Å². The highest BCUT2D eigenvalue weighted by molar-refractivity contribution is 5.21. The fraction of sp³-hybridized carbons (Fsp3) is 0.647. The van der Waals surface area contributed by atoms with E-state index in [0.29, 0.717) is 11.8 Å². The van der Waals surface area contributed by atoms with Gasteiger partial charge in [-0.3, -0.25) is 0 Å². The molecule has 1 N–H and O–H groups in total. The number of halogens is 1. The lowest BCUT2D eigenvalue weighted by molar-refractivity contribution is 0.116. The summed E-state index contributed by atoms with van der Waals surface area (Å²) in [4.78, 5) is 0. The fourth-order valence-corrected chi connectivity index (χ4v) is 2.11. The first-order chi connectivity index (χ1) is 9.63. The molecule has 0 aliphatic heterocycles. The van der Waals surface area contributed by atoms with Gasteiger partial charge in [0.05, 0.1) is 0 Å². The van der Waals surface area contributed by atoms with Crippen molar-refractivity contribution in [1.82, 2.24) is 5.32 Å². The second kappa shape index (κ2) is 9.89. The second-order valence-electron chi connectivity index (χ2n) is 5.64. The maximum Gasteiger partial charge on any atom is 0.123 e.